The highest BCUT2D eigenvalue weighted by Crippen LogP contribution is 2.19. The van der Waals surface area contributed by atoms with Crippen molar-refractivity contribution in [3.05, 3.63) is 61.8 Å². The Hall–Kier alpha value is -1.83. The van der Waals surface area contributed by atoms with Crippen molar-refractivity contribution in [1.29, 1.82) is 0 Å². The Morgan fingerprint density at radius 3 is 2.48 bits per heavy atom. The molecule has 0 aliphatic carbocycles. The third-order valence-electron chi connectivity index (χ3n) is 3.30. The van der Waals surface area contributed by atoms with Gasteiger partial charge in [-0.25, -0.2) is 0 Å². The maximum atomic E-state index is 10.3. The normalized spacial score (nSPS) is 14.7. The van der Waals surface area contributed by atoms with Crippen LogP contribution >= 0.6 is 0 Å². The molecule has 0 aromatic carbocycles. The van der Waals surface area contributed by atoms with E-state index in [1.807, 2.05) is 18.2 Å². The predicted octanol–water partition coefficient (Wildman–Crippen LogP) is 5.31. The molecule has 0 spiro atoms. The van der Waals surface area contributed by atoms with Gasteiger partial charge >= 0.3 is 5.97 Å². The molecular weight excluding hydrogens is 260 g/mol. The fourth-order valence-electron chi connectivity index (χ4n) is 1.97. The molecule has 0 saturated carbocycles. The summed E-state index contributed by atoms with van der Waals surface area (Å²) in [5.74, 6) is 0.147. The van der Waals surface area contributed by atoms with Crippen LogP contribution in [-0.2, 0) is 4.79 Å². The van der Waals surface area contributed by atoms with Gasteiger partial charge in [0, 0.05) is 0 Å². The monoisotopic (exact) mass is 288 g/mol. The standard InChI is InChI=1S/C19H28O2/c1-4-6-11-15-18(5-2)17(3)14-12-9-7-8-10-13-16-19(20)21/h4-6,10-14,17-18H,1-2,7-9,15-16H2,3H3,(H,20,21). The first-order valence-electron chi connectivity index (χ1n) is 7.55. The van der Waals surface area contributed by atoms with Gasteiger partial charge in [-0.15, -0.1) is 6.58 Å². The van der Waals surface area contributed by atoms with Crippen LogP contribution in [0.5, 0.6) is 0 Å². The molecule has 2 heteroatoms. The minimum Gasteiger partial charge on any atom is -0.481 e. The minimum atomic E-state index is -0.777. The molecule has 21 heavy (non-hydrogen) atoms. The van der Waals surface area contributed by atoms with E-state index in [-0.39, 0.29) is 6.42 Å². The SMILES string of the molecule is C=CC=CCC(C=C)C(C)C=CCCCC=CCC(=O)O. The molecule has 0 heterocycles. The Morgan fingerprint density at radius 2 is 1.86 bits per heavy atom. The Bertz CT molecular complexity index is 388. The van der Waals surface area contributed by atoms with Gasteiger partial charge < -0.3 is 5.11 Å². The highest BCUT2D eigenvalue weighted by atomic mass is 16.4. The van der Waals surface area contributed by atoms with E-state index < -0.39 is 5.97 Å². The molecule has 0 rings (SSSR count). The molecule has 0 aromatic heterocycles. The Labute approximate surface area is 129 Å². The first-order valence-corrected chi connectivity index (χ1v) is 7.55. The molecule has 2 unspecified atom stereocenters. The van der Waals surface area contributed by atoms with Crippen LogP contribution in [0.2, 0.25) is 0 Å². The van der Waals surface area contributed by atoms with Gasteiger partial charge in [0.2, 0.25) is 0 Å². The predicted molar refractivity (Wildman–Crippen MR) is 91.2 cm³/mol. The highest BCUT2D eigenvalue weighted by Gasteiger charge is 2.08. The van der Waals surface area contributed by atoms with Crippen LogP contribution in [0.4, 0.5) is 0 Å². The van der Waals surface area contributed by atoms with Gasteiger partial charge in [-0.3, -0.25) is 4.79 Å². The summed E-state index contributed by atoms with van der Waals surface area (Å²) in [6.07, 6.45) is 20.1. The van der Waals surface area contributed by atoms with Crippen molar-refractivity contribution in [2.24, 2.45) is 11.8 Å². The molecule has 0 amide bonds. The second kappa shape index (κ2) is 13.2. The van der Waals surface area contributed by atoms with E-state index in [2.05, 4.69) is 38.3 Å². The molecule has 0 bridgehead atoms. The van der Waals surface area contributed by atoms with Gasteiger partial charge in [0.25, 0.3) is 0 Å². The number of hydrogen-bond acceptors (Lipinski definition) is 1. The number of hydrogen-bond donors (Lipinski definition) is 1. The van der Waals surface area contributed by atoms with Crippen LogP contribution in [0, 0.1) is 11.8 Å². The lowest BCUT2D eigenvalue weighted by molar-refractivity contribution is -0.136. The Balaban J connectivity index is 3.91. The van der Waals surface area contributed by atoms with Gasteiger partial charge in [0.1, 0.15) is 0 Å². The van der Waals surface area contributed by atoms with E-state index in [9.17, 15) is 4.79 Å². The number of allylic oxidation sites excluding steroid dienone is 7. The zero-order valence-corrected chi connectivity index (χ0v) is 13.1. The van der Waals surface area contributed by atoms with E-state index in [1.54, 1.807) is 12.2 Å². The van der Waals surface area contributed by atoms with Crippen molar-refractivity contribution in [3.8, 4) is 0 Å². The van der Waals surface area contributed by atoms with Crippen molar-refractivity contribution >= 4 is 5.97 Å². The summed E-state index contributed by atoms with van der Waals surface area (Å²) in [6, 6.07) is 0. The van der Waals surface area contributed by atoms with Gasteiger partial charge in [-0.05, 0) is 37.5 Å². The smallest absolute Gasteiger partial charge is 0.307 e. The van der Waals surface area contributed by atoms with Crippen molar-refractivity contribution in [2.45, 2.75) is 39.0 Å². The van der Waals surface area contributed by atoms with E-state index in [4.69, 9.17) is 5.11 Å². The number of unbranched alkanes of at least 4 members (excludes halogenated alkanes) is 2. The zero-order chi connectivity index (χ0) is 15.9. The molecule has 2 atom stereocenters. The van der Waals surface area contributed by atoms with Crippen molar-refractivity contribution in [2.75, 3.05) is 0 Å². The summed E-state index contributed by atoms with van der Waals surface area (Å²) >= 11 is 0. The molecule has 0 fully saturated rings. The van der Waals surface area contributed by atoms with Crippen molar-refractivity contribution in [1.82, 2.24) is 0 Å². The van der Waals surface area contributed by atoms with Crippen LogP contribution in [0.3, 0.4) is 0 Å². The van der Waals surface area contributed by atoms with E-state index in [0.29, 0.717) is 11.8 Å². The summed E-state index contributed by atoms with van der Waals surface area (Å²) in [4.78, 5) is 10.3. The third-order valence-corrected chi connectivity index (χ3v) is 3.30. The average molecular weight is 288 g/mol. The van der Waals surface area contributed by atoms with Gasteiger partial charge in [0.15, 0.2) is 0 Å². The number of carboxylic acids is 1. The van der Waals surface area contributed by atoms with Gasteiger partial charge in [-0.2, -0.15) is 0 Å². The Morgan fingerprint density at radius 1 is 1.14 bits per heavy atom. The van der Waals surface area contributed by atoms with Gasteiger partial charge in [0.05, 0.1) is 6.42 Å². The quantitative estimate of drug-likeness (QED) is 0.300. The number of aliphatic carboxylic acids is 1. The van der Waals surface area contributed by atoms with Crippen LogP contribution in [0.25, 0.3) is 0 Å². The largest absolute Gasteiger partial charge is 0.481 e. The fraction of sp³-hybridized carbons (Fsp3) is 0.421. The lowest BCUT2D eigenvalue weighted by atomic mass is 9.90. The van der Waals surface area contributed by atoms with Crippen molar-refractivity contribution in [3.63, 3.8) is 0 Å². The molecule has 2 nitrogen and oxygen atoms in total. The molecule has 0 aliphatic heterocycles. The molecule has 116 valence electrons. The van der Waals surface area contributed by atoms with Gasteiger partial charge in [-0.1, -0.05) is 62.1 Å². The zero-order valence-electron chi connectivity index (χ0n) is 13.1. The van der Waals surface area contributed by atoms with Crippen LogP contribution < -0.4 is 0 Å². The molecule has 0 radical (unpaired) electrons. The fourth-order valence-corrected chi connectivity index (χ4v) is 1.97. The summed E-state index contributed by atoms with van der Waals surface area (Å²) < 4.78 is 0. The van der Waals surface area contributed by atoms with E-state index >= 15 is 0 Å². The number of rotatable bonds is 12. The van der Waals surface area contributed by atoms with Crippen LogP contribution in [0.15, 0.2) is 61.8 Å². The van der Waals surface area contributed by atoms with E-state index in [1.165, 1.54) is 0 Å². The molecule has 0 aliphatic rings. The maximum Gasteiger partial charge on any atom is 0.307 e. The van der Waals surface area contributed by atoms with Crippen molar-refractivity contribution < 1.29 is 9.90 Å². The maximum absolute atomic E-state index is 10.3. The average Bonchev–Trinajstić information content (AvgIpc) is 2.46. The van der Waals surface area contributed by atoms with Crippen LogP contribution in [0.1, 0.15) is 39.0 Å². The second-order valence-electron chi connectivity index (χ2n) is 5.09. The third kappa shape index (κ3) is 11.7. The lowest BCUT2D eigenvalue weighted by Crippen LogP contribution is -2.05. The number of carbonyl (C=O) groups is 1. The van der Waals surface area contributed by atoms with Crippen LogP contribution in [-0.4, -0.2) is 11.1 Å². The minimum absolute atomic E-state index is 0.117. The highest BCUT2D eigenvalue weighted by molar-refractivity contribution is 5.68. The first-order chi connectivity index (χ1) is 10.1. The summed E-state index contributed by atoms with van der Waals surface area (Å²) in [6.45, 7) is 9.77. The summed E-state index contributed by atoms with van der Waals surface area (Å²) in [5.41, 5.74) is 0. The summed E-state index contributed by atoms with van der Waals surface area (Å²) in [7, 11) is 0. The molecule has 1 N–H and O–H groups in total. The lowest BCUT2D eigenvalue weighted by Gasteiger charge is -2.15. The second-order valence-corrected chi connectivity index (χ2v) is 5.09. The molecular formula is C19H28O2. The topological polar surface area (TPSA) is 37.3 Å². The Kier molecular flexibility index (Phi) is 12.0. The van der Waals surface area contributed by atoms with E-state index in [0.717, 1.165) is 25.7 Å². The number of carboxylic acid groups (broad SMARTS) is 1. The first kappa shape index (κ1) is 19.2. The molecule has 0 saturated heterocycles. The molecule has 0 aromatic rings. The summed E-state index contributed by atoms with van der Waals surface area (Å²) in [5, 5.41) is 8.49.